The average molecular weight is 502 g/mol. The molecule has 1 fully saturated rings. The van der Waals surface area contributed by atoms with Gasteiger partial charge in [0.1, 0.15) is 11.5 Å². The number of ketones is 1. The number of Topliss-reactive ketones (excluding diaryl/α,β-unsaturated/α-hetero) is 1. The zero-order valence-electron chi connectivity index (χ0n) is 20.5. The second-order valence-corrected chi connectivity index (χ2v) is 10.3. The maximum Gasteiger partial charge on any atom is 0.340 e. The second kappa shape index (κ2) is 8.65. The molecule has 194 valence electrons. The van der Waals surface area contributed by atoms with E-state index in [-0.39, 0.29) is 30.6 Å². The summed E-state index contributed by atoms with van der Waals surface area (Å²) in [6, 6.07) is 3.60. The van der Waals surface area contributed by atoms with Gasteiger partial charge in [-0.2, -0.15) is 0 Å². The van der Waals surface area contributed by atoms with E-state index in [1.54, 1.807) is 6.08 Å². The molecule has 2 bridgehead atoms. The topological polar surface area (TPSA) is 143 Å². The van der Waals surface area contributed by atoms with Gasteiger partial charge in [-0.1, -0.05) is 12.1 Å². The van der Waals surface area contributed by atoms with E-state index in [4.69, 9.17) is 14.2 Å². The third-order valence-corrected chi connectivity index (χ3v) is 8.36. The number of aliphatic hydroxyl groups excluding tert-OH is 2. The van der Waals surface area contributed by atoms with Gasteiger partial charge in [0.25, 0.3) is 0 Å². The summed E-state index contributed by atoms with van der Waals surface area (Å²) in [6.45, 7) is 3.12. The Bertz CT molecular complexity index is 1160. The standard InChI is InChI=1S/C26H31NO9/c1-13(29)14(2)34-20(31)11-17(30)24(32)35-18-6-7-26(33)19-10-15-4-5-16(12-28)22-21(15)25(26,23(18)36-22)8-9-27(19)3/h4-6,14,17,19,23,28,30,33H,7-12H2,1-3H3/t14-,17-,19+,23-,25-,26+/m0/s1. The molecule has 0 amide bonds. The van der Waals surface area contributed by atoms with Crippen LogP contribution in [0.4, 0.5) is 0 Å². The molecule has 5 rings (SSSR count). The summed E-state index contributed by atoms with van der Waals surface area (Å²) in [5.74, 6) is -1.65. The van der Waals surface area contributed by atoms with Gasteiger partial charge in [0, 0.05) is 23.6 Å². The van der Waals surface area contributed by atoms with Gasteiger partial charge in [0.2, 0.25) is 0 Å². The summed E-state index contributed by atoms with van der Waals surface area (Å²) in [5, 5.41) is 32.4. The molecule has 3 N–H and O–H groups in total. The van der Waals surface area contributed by atoms with Crippen molar-refractivity contribution in [3.05, 3.63) is 40.7 Å². The van der Waals surface area contributed by atoms with Gasteiger partial charge in [-0.05, 0) is 51.9 Å². The van der Waals surface area contributed by atoms with Crippen molar-refractivity contribution in [2.75, 3.05) is 13.6 Å². The Labute approximate surface area is 208 Å². The molecule has 0 saturated carbocycles. The molecule has 0 unspecified atom stereocenters. The molecule has 0 radical (unpaired) electrons. The number of hydrogen-bond donors (Lipinski definition) is 3. The Kier molecular flexibility index (Phi) is 5.98. The first-order valence-electron chi connectivity index (χ1n) is 12.2. The van der Waals surface area contributed by atoms with Gasteiger partial charge in [-0.15, -0.1) is 0 Å². The first kappa shape index (κ1) is 24.9. The van der Waals surface area contributed by atoms with Crippen LogP contribution in [0.1, 0.15) is 49.8 Å². The maximum atomic E-state index is 12.8. The number of nitrogens with zero attached hydrogens (tertiary/aromatic N) is 1. The van der Waals surface area contributed by atoms with Crippen molar-refractivity contribution < 1.29 is 43.9 Å². The molecule has 2 aliphatic carbocycles. The van der Waals surface area contributed by atoms with E-state index in [0.717, 1.165) is 11.1 Å². The number of esters is 2. The number of likely N-dealkylation sites (N-methyl/N-ethyl adjacent to an activating group) is 1. The van der Waals surface area contributed by atoms with Crippen molar-refractivity contribution in [2.24, 2.45) is 0 Å². The van der Waals surface area contributed by atoms with Gasteiger partial charge in [0.05, 0.1) is 24.0 Å². The lowest BCUT2D eigenvalue weighted by Crippen LogP contribution is -2.74. The number of hydrogen-bond acceptors (Lipinski definition) is 10. The maximum absolute atomic E-state index is 12.8. The largest absolute Gasteiger partial charge is 0.481 e. The van der Waals surface area contributed by atoms with Crippen LogP contribution in [0.15, 0.2) is 24.0 Å². The van der Waals surface area contributed by atoms with Crippen LogP contribution in [0.3, 0.4) is 0 Å². The Balaban J connectivity index is 1.44. The number of piperidine rings is 1. The smallest absolute Gasteiger partial charge is 0.340 e. The fourth-order valence-corrected chi connectivity index (χ4v) is 6.39. The van der Waals surface area contributed by atoms with Gasteiger partial charge in [0.15, 0.2) is 24.1 Å². The van der Waals surface area contributed by atoms with E-state index in [1.165, 1.54) is 13.8 Å². The number of carbonyl (C=O) groups excluding carboxylic acids is 3. The summed E-state index contributed by atoms with van der Waals surface area (Å²) in [7, 11) is 1.98. The minimum absolute atomic E-state index is 0.158. The number of aliphatic hydroxyl groups is 3. The van der Waals surface area contributed by atoms with E-state index in [1.807, 2.05) is 19.2 Å². The number of rotatable bonds is 7. The lowest BCUT2D eigenvalue weighted by molar-refractivity contribution is -0.173. The summed E-state index contributed by atoms with van der Waals surface area (Å²) < 4.78 is 16.9. The number of ether oxygens (including phenoxy) is 3. The fraction of sp³-hybridized carbons (Fsp3) is 0.577. The van der Waals surface area contributed by atoms with Crippen LogP contribution in [0, 0.1) is 0 Å². The lowest BCUT2D eigenvalue weighted by Gasteiger charge is -2.61. The van der Waals surface area contributed by atoms with E-state index < -0.39 is 47.7 Å². The summed E-state index contributed by atoms with van der Waals surface area (Å²) in [5.41, 5.74) is 0.405. The van der Waals surface area contributed by atoms with Crippen LogP contribution >= 0.6 is 0 Å². The van der Waals surface area contributed by atoms with Crippen molar-refractivity contribution in [3.63, 3.8) is 0 Å². The Morgan fingerprint density at radius 3 is 2.75 bits per heavy atom. The van der Waals surface area contributed by atoms with Crippen LogP contribution in [-0.4, -0.2) is 81.5 Å². The number of carbonyl (C=O) groups is 3. The summed E-state index contributed by atoms with van der Waals surface area (Å²) >= 11 is 0. The third-order valence-electron chi connectivity index (χ3n) is 8.36. The van der Waals surface area contributed by atoms with E-state index >= 15 is 0 Å². The van der Waals surface area contributed by atoms with Gasteiger partial charge in [-0.3, -0.25) is 9.59 Å². The molecule has 10 nitrogen and oxygen atoms in total. The SMILES string of the molecule is CC(=O)[C@H](C)OC(=O)C[C@H](O)C(=O)OC1=CC[C@@]2(O)[C@H]3Cc4ccc(CO)c5c4[C@@]2(CCN3C)[C@H]1O5. The molecule has 4 aliphatic rings. The van der Waals surface area contributed by atoms with E-state index in [0.29, 0.717) is 30.7 Å². The highest BCUT2D eigenvalue weighted by atomic mass is 16.6. The molecule has 0 aromatic heterocycles. The van der Waals surface area contributed by atoms with Crippen LogP contribution in [0.2, 0.25) is 0 Å². The summed E-state index contributed by atoms with van der Waals surface area (Å²) in [4.78, 5) is 38.2. The molecular weight excluding hydrogens is 470 g/mol. The van der Waals surface area contributed by atoms with Crippen LogP contribution in [0.25, 0.3) is 0 Å². The molecule has 10 heteroatoms. The zero-order chi connectivity index (χ0) is 26.0. The van der Waals surface area contributed by atoms with Crippen LogP contribution in [-0.2, 0) is 42.3 Å². The van der Waals surface area contributed by atoms with Gasteiger partial charge < -0.3 is 34.4 Å². The monoisotopic (exact) mass is 501 g/mol. The summed E-state index contributed by atoms with van der Waals surface area (Å²) in [6.07, 6.45) is -1.30. The van der Waals surface area contributed by atoms with Crippen molar-refractivity contribution in [2.45, 2.75) is 81.5 Å². The molecule has 1 aromatic rings. The molecule has 6 atom stereocenters. The van der Waals surface area contributed by atoms with E-state index in [2.05, 4.69) is 4.90 Å². The average Bonchev–Trinajstić information content (AvgIpc) is 3.18. The van der Waals surface area contributed by atoms with Crippen molar-refractivity contribution in [3.8, 4) is 5.75 Å². The Morgan fingerprint density at radius 2 is 2.06 bits per heavy atom. The fourth-order valence-electron chi connectivity index (χ4n) is 6.39. The van der Waals surface area contributed by atoms with Crippen LogP contribution < -0.4 is 4.74 Å². The highest BCUT2D eigenvalue weighted by molar-refractivity contribution is 5.85. The van der Waals surface area contributed by atoms with E-state index in [9.17, 15) is 29.7 Å². The van der Waals surface area contributed by atoms with Crippen LogP contribution in [0.5, 0.6) is 5.75 Å². The normalized spacial score (nSPS) is 31.4. The quantitative estimate of drug-likeness (QED) is 0.446. The van der Waals surface area contributed by atoms with Gasteiger partial charge in [-0.25, -0.2) is 4.79 Å². The minimum Gasteiger partial charge on any atom is -0.481 e. The lowest BCUT2D eigenvalue weighted by atomic mass is 9.50. The molecule has 1 spiro atoms. The van der Waals surface area contributed by atoms with Crippen molar-refractivity contribution >= 4 is 17.7 Å². The minimum atomic E-state index is -1.81. The number of benzene rings is 1. The third kappa shape index (κ3) is 3.42. The second-order valence-electron chi connectivity index (χ2n) is 10.3. The van der Waals surface area contributed by atoms with Crippen molar-refractivity contribution in [1.29, 1.82) is 0 Å². The Morgan fingerprint density at radius 1 is 1.31 bits per heavy atom. The Hall–Kier alpha value is -2.79. The molecule has 1 saturated heterocycles. The predicted octanol–water partition coefficient (Wildman–Crippen LogP) is 0.271. The first-order valence-corrected chi connectivity index (χ1v) is 12.2. The van der Waals surface area contributed by atoms with Gasteiger partial charge >= 0.3 is 11.9 Å². The van der Waals surface area contributed by atoms with Crippen molar-refractivity contribution in [1.82, 2.24) is 4.90 Å². The molecule has 2 heterocycles. The highest BCUT2D eigenvalue weighted by Gasteiger charge is 2.71. The highest BCUT2D eigenvalue weighted by Crippen LogP contribution is 2.64. The zero-order valence-corrected chi connectivity index (χ0v) is 20.5. The first-order chi connectivity index (χ1) is 17.0. The molecule has 36 heavy (non-hydrogen) atoms. The molecule has 1 aromatic carbocycles. The number of likely N-dealkylation sites (tertiary alicyclic amines) is 1. The predicted molar refractivity (Wildman–Crippen MR) is 124 cm³/mol. The molecule has 2 aliphatic heterocycles. The molecular formula is C26H31NO9.